The van der Waals surface area contributed by atoms with E-state index in [4.69, 9.17) is 15.0 Å². The van der Waals surface area contributed by atoms with Crippen molar-refractivity contribution in [3.05, 3.63) is 91.0 Å². The Bertz CT molecular complexity index is 651. The average molecular weight is 310 g/mol. The summed E-state index contributed by atoms with van der Waals surface area (Å²) in [5.41, 5.74) is 1.92. The molecule has 0 bridgehead atoms. The van der Waals surface area contributed by atoms with Crippen molar-refractivity contribution in [2.75, 3.05) is 0 Å². The first kappa shape index (κ1) is 17.8. The van der Waals surface area contributed by atoms with Crippen LogP contribution in [0.1, 0.15) is 0 Å². The fourth-order valence-corrected chi connectivity index (χ4v) is 1.72. The molecule has 0 heterocycles. The molecule has 3 aromatic rings. The van der Waals surface area contributed by atoms with Crippen molar-refractivity contribution in [2.24, 2.45) is 0 Å². The SMILES string of the molecule is O=C(O)O.Oc1ccccc1-c1ccccc1.c1ccccc1. The lowest BCUT2D eigenvalue weighted by molar-refractivity contribution is 0.137. The molecule has 0 unspecified atom stereocenters. The summed E-state index contributed by atoms with van der Waals surface area (Å²) in [6.45, 7) is 0. The Balaban J connectivity index is 0.000000220. The summed E-state index contributed by atoms with van der Waals surface area (Å²) in [5.74, 6) is 0.328. The number of phenols is 1. The number of carboxylic acid groups (broad SMARTS) is 2. The Morgan fingerprint density at radius 2 is 0.957 bits per heavy atom. The summed E-state index contributed by atoms with van der Waals surface area (Å²) in [6.07, 6.45) is -1.83. The van der Waals surface area contributed by atoms with Gasteiger partial charge >= 0.3 is 6.16 Å². The second-order valence-electron chi connectivity index (χ2n) is 4.32. The topological polar surface area (TPSA) is 77.8 Å². The zero-order chi connectivity index (χ0) is 16.9. The predicted molar refractivity (Wildman–Crippen MR) is 90.6 cm³/mol. The predicted octanol–water partition coefficient (Wildman–Crippen LogP) is 4.97. The summed E-state index contributed by atoms with van der Waals surface area (Å²) >= 11 is 0. The maximum absolute atomic E-state index is 9.56. The lowest BCUT2D eigenvalue weighted by Gasteiger charge is -2.02. The van der Waals surface area contributed by atoms with E-state index in [1.807, 2.05) is 84.9 Å². The zero-order valence-electron chi connectivity index (χ0n) is 12.4. The van der Waals surface area contributed by atoms with E-state index in [0.29, 0.717) is 5.75 Å². The Hall–Kier alpha value is -3.27. The average Bonchev–Trinajstić information content (AvgIpc) is 2.58. The molecule has 0 amide bonds. The summed E-state index contributed by atoms with van der Waals surface area (Å²) in [7, 11) is 0. The molecular formula is C19H18O4. The minimum atomic E-state index is -1.83. The summed E-state index contributed by atoms with van der Waals surface area (Å²) < 4.78 is 0. The van der Waals surface area contributed by atoms with Gasteiger partial charge in [0.25, 0.3) is 0 Å². The normalized spacial score (nSPS) is 8.70. The molecule has 0 spiro atoms. The molecule has 0 saturated heterocycles. The van der Waals surface area contributed by atoms with E-state index in [1.54, 1.807) is 6.07 Å². The van der Waals surface area contributed by atoms with E-state index in [0.717, 1.165) is 11.1 Å². The summed E-state index contributed by atoms with van der Waals surface area (Å²) in [5, 5.41) is 23.5. The van der Waals surface area contributed by atoms with Gasteiger partial charge in [-0.2, -0.15) is 0 Å². The third kappa shape index (κ3) is 7.92. The van der Waals surface area contributed by atoms with E-state index in [1.165, 1.54) is 0 Å². The van der Waals surface area contributed by atoms with Crippen molar-refractivity contribution in [3.8, 4) is 16.9 Å². The first-order valence-electron chi connectivity index (χ1n) is 6.86. The van der Waals surface area contributed by atoms with Gasteiger partial charge in [0.15, 0.2) is 0 Å². The van der Waals surface area contributed by atoms with Crippen LogP contribution < -0.4 is 0 Å². The van der Waals surface area contributed by atoms with Gasteiger partial charge in [-0.25, -0.2) is 4.79 Å². The van der Waals surface area contributed by atoms with Crippen molar-refractivity contribution >= 4 is 6.16 Å². The molecule has 118 valence electrons. The molecule has 3 N–H and O–H groups in total. The monoisotopic (exact) mass is 310 g/mol. The van der Waals surface area contributed by atoms with E-state index in [9.17, 15) is 5.11 Å². The summed E-state index contributed by atoms with van der Waals surface area (Å²) in [6, 6.07) is 29.2. The lowest BCUT2D eigenvalue weighted by atomic mass is 10.1. The highest BCUT2D eigenvalue weighted by atomic mass is 16.6. The molecule has 0 atom stereocenters. The molecule has 3 aromatic carbocycles. The van der Waals surface area contributed by atoms with Gasteiger partial charge in [-0.15, -0.1) is 0 Å². The minimum Gasteiger partial charge on any atom is -0.507 e. The van der Waals surface area contributed by atoms with E-state index < -0.39 is 6.16 Å². The Labute approximate surface area is 134 Å². The number of hydrogen-bond donors (Lipinski definition) is 3. The van der Waals surface area contributed by atoms with Gasteiger partial charge in [0.1, 0.15) is 5.75 Å². The molecule has 4 heteroatoms. The van der Waals surface area contributed by atoms with Crippen LogP contribution in [0, 0.1) is 0 Å². The zero-order valence-corrected chi connectivity index (χ0v) is 12.4. The van der Waals surface area contributed by atoms with E-state index in [-0.39, 0.29) is 0 Å². The highest BCUT2D eigenvalue weighted by molar-refractivity contribution is 5.69. The number of aromatic hydroxyl groups is 1. The van der Waals surface area contributed by atoms with Crippen LogP contribution in [0.4, 0.5) is 4.79 Å². The Kier molecular flexibility index (Phi) is 8.08. The first-order valence-corrected chi connectivity index (χ1v) is 6.86. The molecule has 23 heavy (non-hydrogen) atoms. The van der Waals surface area contributed by atoms with Gasteiger partial charge in [-0.1, -0.05) is 84.9 Å². The van der Waals surface area contributed by atoms with Crippen molar-refractivity contribution in [2.45, 2.75) is 0 Å². The molecule has 0 aromatic heterocycles. The third-order valence-corrected chi connectivity index (χ3v) is 2.66. The summed E-state index contributed by atoms with van der Waals surface area (Å²) in [4.78, 5) is 8.56. The van der Waals surface area contributed by atoms with Crippen LogP contribution in [0.5, 0.6) is 5.75 Å². The number of phenolic OH excluding ortho intramolecular Hbond substituents is 1. The molecule has 0 saturated carbocycles. The van der Waals surface area contributed by atoms with Crippen LogP contribution in [-0.4, -0.2) is 21.5 Å². The lowest BCUT2D eigenvalue weighted by Crippen LogP contribution is -1.81. The van der Waals surface area contributed by atoms with Gasteiger partial charge in [0.2, 0.25) is 0 Å². The largest absolute Gasteiger partial charge is 0.507 e. The molecule has 3 rings (SSSR count). The van der Waals surface area contributed by atoms with Gasteiger partial charge in [0, 0.05) is 5.56 Å². The second-order valence-corrected chi connectivity index (χ2v) is 4.32. The third-order valence-electron chi connectivity index (χ3n) is 2.66. The van der Waals surface area contributed by atoms with Crippen LogP contribution in [0.3, 0.4) is 0 Å². The number of carbonyl (C=O) groups is 1. The molecule has 0 aliphatic rings. The maximum Gasteiger partial charge on any atom is 0.503 e. The van der Waals surface area contributed by atoms with Gasteiger partial charge in [-0.05, 0) is 11.6 Å². The molecule has 4 nitrogen and oxygen atoms in total. The van der Waals surface area contributed by atoms with Crippen LogP contribution in [-0.2, 0) is 0 Å². The number of rotatable bonds is 1. The molecule has 0 aliphatic carbocycles. The van der Waals surface area contributed by atoms with E-state index >= 15 is 0 Å². The van der Waals surface area contributed by atoms with Crippen molar-refractivity contribution in [3.63, 3.8) is 0 Å². The van der Waals surface area contributed by atoms with Crippen LogP contribution in [0.15, 0.2) is 91.0 Å². The smallest absolute Gasteiger partial charge is 0.503 e. The fraction of sp³-hybridized carbons (Fsp3) is 0. The minimum absolute atomic E-state index is 0.328. The van der Waals surface area contributed by atoms with Gasteiger partial charge in [-0.3, -0.25) is 0 Å². The van der Waals surface area contributed by atoms with Crippen molar-refractivity contribution < 1.29 is 20.1 Å². The quantitative estimate of drug-likeness (QED) is 0.593. The highest BCUT2D eigenvalue weighted by Gasteiger charge is 2.00. The van der Waals surface area contributed by atoms with Crippen molar-refractivity contribution in [1.82, 2.24) is 0 Å². The van der Waals surface area contributed by atoms with Gasteiger partial charge < -0.3 is 15.3 Å². The van der Waals surface area contributed by atoms with Crippen molar-refractivity contribution in [1.29, 1.82) is 0 Å². The molecule has 0 fully saturated rings. The highest BCUT2D eigenvalue weighted by Crippen LogP contribution is 2.27. The number of hydrogen-bond acceptors (Lipinski definition) is 2. The number of benzene rings is 3. The van der Waals surface area contributed by atoms with Crippen LogP contribution in [0.25, 0.3) is 11.1 Å². The Morgan fingerprint density at radius 3 is 1.39 bits per heavy atom. The number of para-hydroxylation sites is 1. The molecular weight excluding hydrogens is 292 g/mol. The fourth-order valence-electron chi connectivity index (χ4n) is 1.72. The van der Waals surface area contributed by atoms with Crippen LogP contribution in [0.2, 0.25) is 0 Å². The maximum atomic E-state index is 9.56. The second kappa shape index (κ2) is 10.5. The molecule has 0 aliphatic heterocycles. The van der Waals surface area contributed by atoms with Gasteiger partial charge in [0.05, 0.1) is 0 Å². The van der Waals surface area contributed by atoms with E-state index in [2.05, 4.69) is 0 Å². The molecule has 0 radical (unpaired) electrons. The standard InChI is InChI=1S/C12H10O.C6H6.CH2O3/c13-12-9-5-4-8-11(12)10-6-2-1-3-7-10;1-2-4-6-5-3-1;2-1(3)4/h1-9,13H;1-6H;(H2,2,3,4). The first-order chi connectivity index (χ1) is 11.1. The Morgan fingerprint density at radius 1 is 0.609 bits per heavy atom. The van der Waals surface area contributed by atoms with Crippen LogP contribution >= 0.6 is 0 Å².